The van der Waals surface area contributed by atoms with Crippen LogP contribution in [0.4, 0.5) is 0 Å². The van der Waals surface area contributed by atoms with E-state index in [0.29, 0.717) is 25.6 Å². The third-order valence-electron chi connectivity index (χ3n) is 1.95. The van der Waals surface area contributed by atoms with Crippen LogP contribution in [-0.2, 0) is 9.09 Å². The van der Waals surface area contributed by atoms with Gasteiger partial charge < -0.3 is 4.52 Å². The van der Waals surface area contributed by atoms with Crippen molar-refractivity contribution in [2.24, 2.45) is 0 Å². The standard InChI is InChI=1S/C7H15BrClN2O2P/c8-2-4-10-14(12)11(6-3-9)5-1-7-13-14/h1-7H2,(H,10,12)/t14-/m1/s1. The second kappa shape index (κ2) is 6.46. The molecule has 0 unspecified atom stereocenters. The molecule has 7 heteroatoms. The maximum atomic E-state index is 12.2. The van der Waals surface area contributed by atoms with Crippen LogP contribution in [0.2, 0.25) is 0 Å². The summed E-state index contributed by atoms with van der Waals surface area (Å²) in [6, 6.07) is 0. The molecule has 14 heavy (non-hydrogen) atoms. The van der Waals surface area contributed by atoms with Crippen LogP contribution in [-0.4, -0.2) is 42.1 Å². The summed E-state index contributed by atoms with van der Waals surface area (Å²) in [6.45, 7) is 2.59. The van der Waals surface area contributed by atoms with Crippen molar-refractivity contribution in [3.8, 4) is 0 Å². The molecule has 0 saturated carbocycles. The first-order chi connectivity index (χ1) is 6.73. The third kappa shape index (κ3) is 3.47. The highest BCUT2D eigenvalue weighted by molar-refractivity contribution is 9.09. The van der Waals surface area contributed by atoms with Crippen molar-refractivity contribution in [3.63, 3.8) is 0 Å². The zero-order valence-electron chi connectivity index (χ0n) is 7.92. The Morgan fingerprint density at radius 2 is 2.43 bits per heavy atom. The second-order valence-corrected chi connectivity index (χ2v) is 6.30. The van der Waals surface area contributed by atoms with Crippen molar-refractivity contribution in [1.29, 1.82) is 0 Å². The van der Waals surface area contributed by atoms with E-state index in [2.05, 4.69) is 21.0 Å². The van der Waals surface area contributed by atoms with Crippen molar-refractivity contribution < 1.29 is 9.09 Å². The molecule has 1 aliphatic heterocycles. The minimum absolute atomic E-state index is 0.476. The molecule has 0 radical (unpaired) electrons. The Labute approximate surface area is 98.0 Å². The second-order valence-electron chi connectivity index (χ2n) is 2.95. The van der Waals surface area contributed by atoms with E-state index in [9.17, 15) is 4.57 Å². The highest BCUT2D eigenvalue weighted by Crippen LogP contribution is 2.48. The maximum Gasteiger partial charge on any atom is 0.343 e. The summed E-state index contributed by atoms with van der Waals surface area (Å²) >= 11 is 8.92. The lowest BCUT2D eigenvalue weighted by Crippen LogP contribution is -2.36. The highest BCUT2D eigenvalue weighted by Gasteiger charge is 2.33. The van der Waals surface area contributed by atoms with Crippen LogP contribution in [0.3, 0.4) is 0 Å². The summed E-state index contributed by atoms with van der Waals surface area (Å²) in [5.41, 5.74) is 0. The molecule has 0 amide bonds. The molecule has 1 saturated heterocycles. The van der Waals surface area contributed by atoms with Gasteiger partial charge in [0.2, 0.25) is 0 Å². The summed E-state index contributed by atoms with van der Waals surface area (Å²) in [4.78, 5) is 0. The van der Waals surface area contributed by atoms with E-state index in [-0.39, 0.29) is 0 Å². The van der Waals surface area contributed by atoms with Gasteiger partial charge in [0.1, 0.15) is 0 Å². The van der Waals surface area contributed by atoms with Crippen LogP contribution in [0.5, 0.6) is 0 Å². The fourth-order valence-electron chi connectivity index (χ4n) is 1.32. The van der Waals surface area contributed by atoms with Gasteiger partial charge in [0, 0.05) is 30.8 Å². The van der Waals surface area contributed by atoms with Crippen molar-refractivity contribution >= 4 is 35.2 Å². The van der Waals surface area contributed by atoms with E-state index in [0.717, 1.165) is 18.3 Å². The zero-order chi connectivity index (χ0) is 10.4. The van der Waals surface area contributed by atoms with Crippen LogP contribution in [0.25, 0.3) is 0 Å². The van der Waals surface area contributed by atoms with E-state index >= 15 is 0 Å². The summed E-state index contributed by atoms with van der Waals surface area (Å²) < 4.78 is 19.4. The molecule has 0 bridgehead atoms. The Balaban J connectivity index is 2.55. The molecule has 0 aromatic rings. The van der Waals surface area contributed by atoms with Crippen molar-refractivity contribution in [1.82, 2.24) is 9.76 Å². The van der Waals surface area contributed by atoms with Crippen LogP contribution in [0.15, 0.2) is 0 Å². The van der Waals surface area contributed by atoms with Gasteiger partial charge in [0.15, 0.2) is 0 Å². The number of alkyl halides is 2. The molecule has 1 N–H and O–H groups in total. The first-order valence-electron chi connectivity index (χ1n) is 4.60. The normalized spacial score (nSPS) is 29.3. The van der Waals surface area contributed by atoms with Gasteiger partial charge in [-0.05, 0) is 6.42 Å². The molecule has 0 aliphatic carbocycles. The molecular weight excluding hydrogens is 290 g/mol. The predicted molar refractivity (Wildman–Crippen MR) is 62.3 cm³/mol. The quantitative estimate of drug-likeness (QED) is 0.623. The lowest BCUT2D eigenvalue weighted by atomic mass is 10.4. The molecule has 0 aromatic carbocycles. The van der Waals surface area contributed by atoms with Gasteiger partial charge in [-0.15, -0.1) is 11.6 Å². The minimum Gasteiger partial charge on any atom is -0.306 e. The van der Waals surface area contributed by atoms with Crippen molar-refractivity contribution in [2.75, 3.05) is 37.5 Å². The van der Waals surface area contributed by atoms with E-state index < -0.39 is 7.67 Å². The molecule has 0 spiro atoms. The first-order valence-corrected chi connectivity index (χ1v) is 7.83. The number of rotatable bonds is 5. The number of nitrogens with one attached hydrogen (secondary N) is 1. The summed E-state index contributed by atoms with van der Waals surface area (Å²) in [6.07, 6.45) is 0.914. The zero-order valence-corrected chi connectivity index (χ0v) is 11.2. The van der Waals surface area contributed by atoms with Crippen LogP contribution in [0.1, 0.15) is 6.42 Å². The molecule has 4 nitrogen and oxygen atoms in total. The average Bonchev–Trinajstić information content (AvgIpc) is 2.19. The maximum absolute atomic E-state index is 12.2. The Hall–Kier alpha value is 0.880. The highest BCUT2D eigenvalue weighted by atomic mass is 79.9. The van der Waals surface area contributed by atoms with Crippen molar-refractivity contribution in [2.45, 2.75) is 6.42 Å². The van der Waals surface area contributed by atoms with Gasteiger partial charge in [0.05, 0.1) is 6.61 Å². The van der Waals surface area contributed by atoms with E-state index in [1.165, 1.54) is 0 Å². The molecule has 1 aliphatic rings. The predicted octanol–water partition coefficient (Wildman–Crippen LogP) is 2.04. The average molecular weight is 306 g/mol. The number of nitrogens with zero attached hydrogens (tertiary/aromatic N) is 1. The fourth-order valence-corrected chi connectivity index (χ4v) is 4.14. The van der Waals surface area contributed by atoms with Crippen LogP contribution in [0, 0.1) is 0 Å². The molecule has 1 atom stereocenters. The molecule has 84 valence electrons. The van der Waals surface area contributed by atoms with Crippen LogP contribution < -0.4 is 5.09 Å². The van der Waals surface area contributed by atoms with Gasteiger partial charge in [-0.3, -0.25) is 4.57 Å². The number of hydrogen-bond donors (Lipinski definition) is 1. The van der Waals surface area contributed by atoms with Gasteiger partial charge in [-0.25, -0.2) is 9.76 Å². The Morgan fingerprint density at radius 3 is 3.07 bits per heavy atom. The monoisotopic (exact) mass is 304 g/mol. The smallest absolute Gasteiger partial charge is 0.306 e. The third-order valence-corrected chi connectivity index (χ3v) is 4.81. The first kappa shape index (κ1) is 12.9. The van der Waals surface area contributed by atoms with Gasteiger partial charge in [0.25, 0.3) is 0 Å². The largest absolute Gasteiger partial charge is 0.343 e. The summed E-state index contributed by atoms with van der Waals surface area (Å²) in [5.74, 6) is 0.476. The molecule has 1 rings (SSSR count). The lowest BCUT2D eigenvalue weighted by Gasteiger charge is -2.34. The minimum atomic E-state index is -2.79. The Morgan fingerprint density at radius 1 is 1.64 bits per heavy atom. The molecule has 1 heterocycles. The SMILES string of the molecule is O=[P@]1(NCCBr)OCCCN1CCCl. The van der Waals surface area contributed by atoms with E-state index in [1.54, 1.807) is 0 Å². The lowest BCUT2D eigenvalue weighted by molar-refractivity contribution is 0.203. The summed E-state index contributed by atoms with van der Waals surface area (Å²) in [5, 5.41) is 3.70. The van der Waals surface area contributed by atoms with Gasteiger partial charge in [-0.2, -0.15) is 0 Å². The molecule has 0 aromatic heterocycles. The van der Waals surface area contributed by atoms with Gasteiger partial charge >= 0.3 is 7.67 Å². The number of halogens is 2. The van der Waals surface area contributed by atoms with Gasteiger partial charge in [-0.1, -0.05) is 15.9 Å². The van der Waals surface area contributed by atoms with Crippen molar-refractivity contribution in [3.05, 3.63) is 0 Å². The van der Waals surface area contributed by atoms with Crippen LogP contribution >= 0.6 is 35.2 Å². The molecular formula is C7H15BrClN2O2P. The fraction of sp³-hybridized carbons (Fsp3) is 1.00. The Kier molecular flexibility index (Phi) is 5.97. The Bertz CT molecular complexity index is 218. The van der Waals surface area contributed by atoms with E-state index in [1.807, 2.05) is 4.67 Å². The topological polar surface area (TPSA) is 41.6 Å². The molecule has 1 fully saturated rings. The summed E-state index contributed by atoms with van der Waals surface area (Å²) in [7, 11) is -2.79. The van der Waals surface area contributed by atoms with E-state index in [4.69, 9.17) is 16.1 Å². The number of hydrogen-bond acceptors (Lipinski definition) is 2.